The lowest BCUT2D eigenvalue weighted by atomic mass is 9.93. The molecular formula is C21H22ClN5. The van der Waals surface area contributed by atoms with Crippen molar-refractivity contribution in [2.75, 3.05) is 5.43 Å². The van der Waals surface area contributed by atoms with E-state index >= 15 is 0 Å². The Hall–Kier alpha value is -2.92. The molecule has 138 valence electrons. The van der Waals surface area contributed by atoms with Crippen LogP contribution in [0.25, 0.3) is 11.1 Å². The van der Waals surface area contributed by atoms with Gasteiger partial charge in [-0.25, -0.2) is 4.99 Å². The lowest BCUT2D eigenvalue weighted by Gasteiger charge is -2.24. The van der Waals surface area contributed by atoms with E-state index in [1.165, 1.54) is 22.3 Å². The SMILES string of the molecule is Cc1cc(-c2c(C)cccc2C)cc2c1N=C(NC1=CNC(Cl)C=C1)NN2. The lowest BCUT2D eigenvalue weighted by molar-refractivity contribution is 0.864. The van der Waals surface area contributed by atoms with Gasteiger partial charge in [0.05, 0.1) is 17.1 Å². The van der Waals surface area contributed by atoms with Crippen LogP contribution in [0.1, 0.15) is 16.7 Å². The van der Waals surface area contributed by atoms with E-state index in [2.05, 4.69) is 72.6 Å². The normalized spacial score (nSPS) is 17.7. The summed E-state index contributed by atoms with van der Waals surface area (Å²) in [5.41, 5.74) is 15.1. The fourth-order valence-electron chi connectivity index (χ4n) is 3.44. The summed E-state index contributed by atoms with van der Waals surface area (Å²) in [6.07, 6.45) is 5.62. The van der Waals surface area contributed by atoms with E-state index in [1.807, 2.05) is 18.4 Å². The van der Waals surface area contributed by atoms with Gasteiger partial charge in [0.25, 0.3) is 0 Å². The van der Waals surface area contributed by atoms with E-state index in [4.69, 9.17) is 16.6 Å². The third-order valence-electron chi connectivity index (χ3n) is 4.72. The van der Waals surface area contributed by atoms with Crippen molar-refractivity contribution in [1.29, 1.82) is 0 Å². The molecule has 1 unspecified atom stereocenters. The Labute approximate surface area is 164 Å². The third-order valence-corrected chi connectivity index (χ3v) is 4.99. The summed E-state index contributed by atoms with van der Waals surface area (Å²) in [5, 5.41) is 6.28. The highest BCUT2D eigenvalue weighted by atomic mass is 35.5. The van der Waals surface area contributed by atoms with Gasteiger partial charge in [-0.05, 0) is 72.9 Å². The molecule has 5 nitrogen and oxygen atoms in total. The molecule has 2 aromatic carbocycles. The minimum atomic E-state index is -0.179. The van der Waals surface area contributed by atoms with Crippen LogP contribution in [0, 0.1) is 20.8 Å². The Balaban J connectivity index is 1.66. The average Bonchev–Trinajstić information content (AvgIpc) is 2.64. The smallest absolute Gasteiger partial charge is 0.220 e. The zero-order valence-electron chi connectivity index (χ0n) is 15.5. The molecule has 0 amide bonds. The molecule has 0 saturated carbocycles. The highest BCUT2D eigenvalue weighted by Gasteiger charge is 2.17. The van der Waals surface area contributed by atoms with Gasteiger partial charge in [0, 0.05) is 6.20 Å². The van der Waals surface area contributed by atoms with Crippen molar-refractivity contribution in [3.05, 3.63) is 71.1 Å². The number of hydrogen-bond donors (Lipinski definition) is 4. The van der Waals surface area contributed by atoms with Crippen LogP contribution >= 0.6 is 11.6 Å². The molecule has 0 saturated heterocycles. The van der Waals surface area contributed by atoms with E-state index in [9.17, 15) is 0 Å². The maximum atomic E-state index is 5.97. The first-order chi connectivity index (χ1) is 13.0. The number of alkyl halides is 1. The number of benzene rings is 2. The molecule has 4 N–H and O–H groups in total. The number of halogens is 1. The summed E-state index contributed by atoms with van der Waals surface area (Å²) in [5.74, 6) is 0.635. The zero-order valence-corrected chi connectivity index (χ0v) is 16.3. The van der Waals surface area contributed by atoms with Crippen LogP contribution in [0.2, 0.25) is 0 Å². The Kier molecular flexibility index (Phi) is 4.54. The Bertz CT molecular complexity index is 970. The molecule has 0 aromatic heterocycles. The van der Waals surface area contributed by atoms with Gasteiger partial charge >= 0.3 is 0 Å². The van der Waals surface area contributed by atoms with E-state index in [0.717, 1.165) is 22.6 Å². The molecule has 6 heteroatoms. The van der Waals surface area contributed by atoms with Crippen molar-refractivity contribution in [3.63, 3.8) is 0 Å². The maximum Gasteiger partial charge on any atom is 0.220 e. The number of nitrogens with zero attached hydrogens (tertiary/aromatic N) is 1. The van der Waals surface area contributed by atoms with Gasteiger partial charge in [-0.1, -0.05) is 29.8 Å². The number of hydrogen-bond acceptors (Lipinski definition) is 5. The second-order valence-electron chi connectivity index (χ2n) is 6.82. The molecule has 1 atom stereocenters. The van der Waals surface area contributed by atoms with Crippen LogP contribution in [0.15, 0.2) is 59.4 Å². The van der Waals surface area contributed by atoms with E-state index in [-0.39, 0.29) is 5.50 Å². The van der Waals surface area contributed by atoms with Crippen LogP contribution < -0.4 is 21.5 Å². The molecule has 2 aromatic rings. The topological polar surface area (TPSA) is 60.5 Å². The highest BCUT2D eigenvalue weighted by molar-refractivity contribution is 6.21. The number of guanidine groups is 1. The summed E-state index contributed by atoms with van der Waals surface area (Å²) >= 11 is 5.97. The fourth-order valence-corrected chi connectivity index (χ4v) is 3.57. The molecular weight excluding hydrogens is 358 g/mol. The molecule has 0 radical (unpaired) electrons. The van der Waals surface area contributed by atoms with Crippen LogP contribution in [0.5, 0.6) is 0 Å². The summed E-state index contributed by atoms with van der Waals surface area (Å²) < 4.78 is 0. The van der Waals surface area contributed by atoms with Gasteiger partial charge in [-0.2, -0.15) is 0 Å². The zero-order chi connectivity index (χ0) is 19.0. The number of allylic oxidation sites excluding steroid dienone is 1. The first kappa shape index (κ1) is 17.5. The average molecular weight is 380 g/mol. The number of hydrazine groups is 1. The van der Waals surface area contributed by atoms with Crippen molar-refractivity contribution >= 4 is 28.9 Å². The van der Waals surface area contributed by atoms with Gasteiger partial charge in [0.2, 0.25) is 5.96 Å². The van der Waals surface area contributed by atoms with E-state index in [0.29, 0.717) is 5.96 Å². The monoisotopic (exact) mass is 379 g/mol. The van der Waals surface area contributed by atoms with Crippen LogP contribution in [0.4, 0.5) is 11.4 Å². The Morgan fingerprint density at radius 2 is 1.81 bits per heavy atom. The van der Waals surface area contributed by atoms with Crippen LogP contribution in [-0.4, -0.2) is 11.5 Å². The Morgan fingerprint density at radius 3 is 2.52 bits per heavy atom. The number of rotatable bonds is 2. The minimum absolute atomic E-state index is 0.179. The predicted molar refractivity (Wildman–Crippen MR) is 113 cm³/mol. The quantitative estimate of drug-likeness (QED) is 0.462. The second kappa shape index (κ2) is 7.00. The largest absolute Gasteiger partial charge is 0.370 e. The summed E-state index contributed by atoms with van der Waals surface area (Å²) in [7, 11) is 0. The second-order valence-corrected chi connectivity index (χ2v) is 7.29. The molecule has 0 spiro atoms. The number of aliphatic imine (C=N–C) groups is 1. The van der Waals surface area contributed by atoms with Gasteiger partial charge in [0.15, 0.2) is 0 Å². The molecule has 2 aliphatic heterocycles. The highest BCUT2D eigenvalue weighted by Crippen LogP contribution is 2.37. The summed E-state index contributed by atoms with van der Waals surface area (Å²) in [6, 6.07) is 10.7. The van der Waals surface area contributed by atoms with Crippen molar-refractivity contribution < 1.29 is 0 Å². The number of fused-ring (bicyclic) bond motifs is 1. The summed E-state index contributed by atoms with van der Waals surface area (Å²) in [4.78, 5) is 4.73. The molecule has 0 aliphatic carbocycles. The van der Waals surface area contributed by atoms with Gasteiger partial charge < -0.3 is 10.6 Å². The van der Waals surface area contributed by atoms with Crippen molar-refractivity contribution in [2.45, 2.75) is 26.3 Å². The van der Waals surface area contributed by atoms with Crippen LogP contribution in [0.3, 0.4) is 0 Å². The molecule has 2 aliphatic rings. The van der Waals surface area contributed by atoms with Gasteiger partial charge in [0.1, 0.15) is 5.50 Å². The van der Waals surface area contributed by atoms with Crippen molar-refractivity contribution in [1.82, 2.24) is 16.1 Å². The predicted octanol–water partition coefficient (Wildman–Crippen LogP) is 4.35. The first-order valence-corrected chi connectivity index (χ1v) is 9.32. The number of aryl methyl sites for hydroxylation is 3. The maximum absolute atomic E-state index is 5.97. The Morgan fingerprint density at radius 1 is 1.04 bits per heavy atom. The first-order valence-electron chi connectivity index (χ1n) is 8.89. The molecule has 0 bridgehead atoms. The summed E-state index contributed by atoms with van der Waals surface area (Å²) in [6.45, 7) is 6.38. The van der Waals surface area contributed by atoms with Crippen molar-refractivity contribution in [3.8, 4) is 11.1 Å². The third kappa shape index (κ3) is 3.51. The number of dihydropyridines is 1. The molecule has 27 heavy (non-hydrogen) atoms. The van der Waals surface area contributed by atoms with Gasteiger partial charge in [-0.3, -0.25) is 10.9 Å². The number of anilines is 1. The fraction of sp³-hybridized carbons (Fsp3) is 0.190. The number of nitrogens with one attached hydrogen (secondary N) is 4. The standard InChI is InChI=1S/C21H22ClN5/c1-12-5-4-6-13(2)19(12)15-9-14(3)20-17(10-15)26-27-21(25-20)24-16-7-8-18(22)23-11-16/h4-11,18,23,26H,1-3H3,(H2,24,25,27). The lowest BCUT2D eigenvalue weighted by Crippen LogP contribution is -2.42. The van der Waals surface area contributed by atoms with Gasteiger partial charge in [-0.15, -0.1) is 0 Å². The van der Waals surface area contributed by atoms with E-state index < -0.39 is 0 Å². The molecule has 2 heterocycles. The van der Waals surface area contributed by atoms with E-state index in [1.54, 1.807) is 0 Å². The van der Waals surface area contributed by atoms with Crippen LogP contribution in [-0.2, 0) is 0 Å². The molecule has 0 fully saturated rings. The molecule has 4 rings (SSSR count). The van der Waals surface area contributed by atoms with Crippen molar-refractivity contribution in [2.24, 2.45) is 4.99 Å². The minimum Gasteiger partial charge on any atom is -0.370 e.